The van der Waals surface area contributed by atoms with Crippen LogP contribution in [0.15, 0.2) is 18.2 Å². The van der Waals surface area contributed by atoms with Crippen LogP contribution in [0.2, 0.25) is 0 Å². The number of rotatable bonds is 3. The zero-order valence-corrected chi connectivity index (χ0v) is 16.5. The normalized spacial score (nSPS) is 20.8. The number of hydrogen-bond donors (Lipinski definition) is 1. The van der Waals surface area contributed by atoms with Crippen LogP contribution < -0.4 is 10.2 Å². The molecule has 0 saturated carbocycles. The van der Waals surface area contributed by atoms with Crippen molar-refractivity contribution in [3.63, 3.8) is 0 Å². The van der Waals surface area contributed by atoms with E-state index in [1.165, 1.54) is 29.9 Å². The first kappa shape index (κ1) is 18.4. The molecule has 0 aromatic heterocycles. The number of benzene rings is 1. The molecule has 2 aliphatic heterocycles. The second-order valence-electron chi connectivity index (χ2n) is 8.04. The highest BCUT2D eigenvalue weighted by atomic mass is 32.2. The molecule has 0 radical (unpaired) electrons. The number of nitrogens with zero attached hydrogens (tertiary/aromatic N) is 1. The highest BCUT2D eigenvalue weighted by Gasteiger charge is 2.27. The van der Waals surface area contributed by atoms with Crippen LogP contribution in [-0.4, -0.2) is 36.3 Å². The van der Waals surface area contributed by atoms with Gasteiger partial charge in [-0.25, -0.2) is 4.79 Å². The monoisotopic (exact) mass is 362 g/mol. The van der Waals surface area contributed by atoms with Crippen molar-refractivity contribution in [3.8, 4) is 0 Å². The Hall–Kier alpha value is -1.36. The fourth-order valence-corrected chi connectivity index (χ4v) is 4.58. The number of thioether (sulfide) groups is 1. The molecule has 2 aliphatic rings. The Kier molecular flexibility index (Phi) is 5.82. The van der Waals surface area contributed by atoms with Gasteiger partial charge in [-0.2, -0.15) is 11.8 Å². The van der Waals surface area contributed by atoms with Crippen molar-refractivity contribution >= 4 is 29.2 Å². The Morgan fingerprint density at radius 3 is 2.92 bits per heavy atom. The zero-order valence-electron chi connectivity index (χ0n) is 15.6. The van der Waals surface area contributed by atoms with Crippen molar-refractivity contribution in [2.24, 2.45) is 5.92 Å². The van der Waals surface area contributed by atoms with Crippen LogP contribution in [0.5, 0.6) is 0 Å². The van der Waals surface area contributed by atoms with E-state index in [1.807, 2.05) is 20.8 Å². The number of nitrogens with one attached hydrogen (secondary N) is 1. The zero-order chi connectivity index (χ0) is 17.9. The molecule has 1 aromatic carbocycles. The van der Waals surface area contributed by atoms with Gasteiger partial charge in [0.2, 0.25) is 0 Å². The van der Waals surface area contributed by atoms with Crippen LogP contribution in [0, 0.1) is 5.92 Å². The molecule has 0 bridgehead atoms. The van der Waals surface area contributed by atoms with Gasteiger partial charge >= 0.3 is 6.09 Å². The van der Waals surface area contributed by atoms with Crippen LogP contribution in [0.3, 0.4) is 0 Å². The van der Waals surface area contributed by atoms with E-state index in [9.17, 15) is 4.79 Å². The lowest BCUT2D eigenvalue weighted by atomic mass is 10.0. The maximum Gasteiger partial charge on any atom is 0.414 e. The number of amides is 1. The lowest BCUT2D eigenvalue weighted by molar-refractivity contribution is 0.0578. The molecule has 138 valence electrons. The van der Waals surface area contributed by atoms with Crippen LogP contribution in [0.25, 0.3) is 0 Å². The van der Waals surface area contributed by atoms with E-state index >= 15 is 0 Å². The summed E-state index contributed by atoms with van der Waals surface area (Å²) in [5, 5.41) is 3.58. The minimum Gasteiger partial charge on any atom is -0.443 e. The second-order valence-corrected chi connectivity index (χ2v) is 9.19. The summed E-state index contributed by atoms with van der Waals surface area (Å²) >= 11 is 2.06. The third-order valence-corrected chi connectivity index (χ3v) is 5.95. The largest absolute Gasteiger partial charge is 0.443 e. The average Bonchev–Trinajstić information content (AvgIpc) is 2.58. The molecule has 0 aliphatic carbocycles. The van der Waals surface area contributed by atoms with Crippen LogP contribution >= 0.6 is 11.8 Å². The average molecular weight is 363 g/mol. The summed E-state index contributed by atoms with van der Waals surface area (Å²) in [4.78, 5) is 14.4. The van der Waals surface area contributed by atoms with Gasteiger partial charge in [0.1, 0.15) is 5.60 Å². The van der Waals surface area contributed by atoms with Crippen molar-refractivity contribution in [3.05, 3.63) is 23.8 Å². The molecule has 1 unspecified atom stereocenters. The number of hydrogen-bond acceptors (Lipinski definition) is 4. The van der Waals surface area contributed by atoms with Gasteiger partial charge in [-0.15, -0.1) is 0 Å². The van der Waals surface area contributed by atoms with Gasteiger partial charge in [0.15, 0.2) is 0 Å². The smallest absolute Gasteiger partial charge is 0.414 e. The number of anilines is 2. The Morgan fingerprint density at radius 1 is 1.36 bits per heavy atom. The Balaban J connectivity index is 1.70. The van der Waals surface area contributed by atoms with E-state index in [0.29, 0.717) is 0 Å². The second kappa shape index (κ2) is 7.90. The number of aryl methyl sites for hydroxylation is 1. The van der Waals surface area contributed by atoms with E-state index in [4.69, 9.17) is 4.74 Å². The molecule has 1 atom stereocenters. The Morgan fingerprint density at radius 2 is 2.20 bits per heavy atom. The molecule has 1 amide bonds. The molecule has 0 spiro atoms. The SMILES string of the molecule is CC(C)(C)OC(=O)N1CCCc2ccc(NCC3CCCSC3)cc21. The number of ether oxygens (including phenoxy) is 1. The van der Waals surface area contributed by atoms with Crippen molar-refractivity contribution < 1.29 is 9.53 Å². The summed E-state index contributed by atoms with van der Waals surface area (Å²) in [5.41, 5.74) is 2.87. The van der Waals surface area contributed by atoms with Crippen molar-refractivity contribution in [2.45, 2.75) is 52.1 Å². The molecule has 1 fully saturated rings. The first-order chi connectivity index (χ1) is 11.9. The molecular weight excluding hydrogens is 332 g/mol. The predicted octanol–water partition coefficient (Wildman–Crippen LogP) is 4.93. The maximum atomic E-state index is 12.6. The van der Waals surface area contributed by atoms with Crippen molar-refractivity contribution in [1.29, 1.82) is 0 Å². The van der Waals surface area contributed by atoms with Gasteiger partial charge in [-0.05, 0) is 81.6 Å². The molecule has 1 N–H and O–H groups in total. The molecule has 1 saturated heterocycles. The number of carbonyl (C=O) groups excluding carboxylic acids is 1. The fraction of sp³-hybridized carbons (Fsp3) is 0.650. The van der Waals surface area contributed by atoms with Gasteiger partial charge in [0.05, 0.1) is 5.69 Å². The summed E-state index contributed by atoms with van der Waals surface area (Å²) in [5.74, 6) is 3.30. The first-order valence-electron chi connectivity index (χ1n) is 9.37. The van der Waals surface area contributed by atoms with Crippen LogP contribution in [0.4, 0.5) is 16.2 Å². The standard InChI is InChI=1S/C20H30N2O2S/c1-20(2,3)24-19(23)22-10-4-7-16-8-9-17(12-18(16)22)21-13-15-6-5-11-25-14-15/h8-9,12,15,21H,4-7,10-11,13-14H2,1-3H3. The van der Waals surface area contributed by atoms with E-state index in [0.717, 1.165) is 43.2 Å². The molecular formula is C20H30N2O2S. The Bertz CT molecular complexity index is 606. The summed E-state index contributed by atoms with van der Waals surface area (Å²) in [6.07, 6.45) is 4.41. The van der Waals surface area contributed by atoms with Gasteiger partial charge in [0.25, 0.3) is 0 Å². The van der Waals surface area contributed by atoms with Crippen molar-refractivity contribution in [2.75, 3.05) is 34.8 Å². The minimum absolute atomic E-state index is 0.241. The van der Waals surface area contributed by atoms with Crippen LogP contribution in [-0.2, 0) is 11.2 Å². The summed E-state index contributed by atoms with van der Waals surface area (Å²) in [6, 6.07) is 6.42. The molecule has 25 heavy (non-hydrogen) atoms. The van der Waals surface area contributed by atoms with Gasteiger partial charge in [0, 0.05) is 18.8 Å². The predicted molar refractivity (Wildman–Crippen MR) is 107 cm³/mol. The van der Waals surface area contributed by atoms with E-state index < -0.39 is 5.60 Å². The highest BCUT2D eigenvalue weighted by molar-refractivity contribution is 7.99. The van der Waals surface area contributed by atoms with Crippen LogP contribution in [0.1, 0.15) is 45.6 Å². The fourth-order valence-electron chi connectivity index (χ4n) is 3.42. The first-order valence-corrected chi connectivity index (χ1v) is 10.5. The Labute approximate surface area is 155 Å². The van der Waals surface area contributed by atoms with E-state index in [2.05, 4.69) is 35.3 Å². The molecule has 2 heterocycles. The van der Waals surface area contributed by atoms with Crippen molar-refractivity contribution in [1.82, 2.24) is 0 Å². The number of fused-ring (bicyclic) bond motifs is 1. The highest BCUT2D eigenvalue weighted by Crippen LogP contribution is 2.32. The lowest BCUT2D eigenvalue weighted by Gasteiger charge is -2.32. The van der Waals surface area contributed by atoms with E-state index in [1.54, 1.807) is 4.90 Å². The van der Waals surface area contributed by atoms with Gasteiger partial charge < -0.3 is 10.1 Å². The summed E-state index contributed by atoms with van der Waals surface area (Å²) in [6.45, 7) is 7.48. The maximum absolute atomic E-state index is 12.6. The molecule has 5 heteroatoms. The third kappa shape index (κ3) is 5.06. The van der Waals surface area contributed by atoms with Gasteiger partial charge in [-0.3, -0.25) is 4.90 Å². The lowest BCUT2D eigenvalue weighted by Crippen LogP contribution is -2.39. The molecule has 3 rings (SSSR count). The topological polar surface area (TPSA) is 41.6 Å². The van der Waals surface area contributed by atoms with E-state index in [-0.39, 0.29) is 6.09 Å². The summed E-state index contributed by atoms with van der Waals surface area (Å²) < 4.78 is 5.59. The quantitative estimate of drug-likeness (QED) is 0.828. The molecule has 1 aromatic rings. The van der Waals surface area contributed by atoms with Gasteiger partial charge in [-0.1, -0.05) is 6.07 Å². The summed E-state index contributed by atoms with van der Waals surface area (Å²) in [7, 11) is 0. The third-order valence-electron chi connectivity index (χ3n) is 4.67. The number of carbonyl (C=O) groups is 1. The minimum atomic E-state index is -0.469. The molecule has 4 nitrogen and oxygen atoms in total.